The van der Waals surface area contributed by atoms with Crippen LogP contribution in [-0.4, -0.2) is 46.3 Å². The number of fused-ring (bicyclic) bond motifs is 1. The second-order valence-corrected chi connectivity index (χ2v) is 6.66. The Morgan fingerprint density at radius 3 is 2.83 bits per heavy atom. The van der Waals surface area contributed by atoms with Crippen molar-refractivity contribution in [1.29, 1.82) is 0 Å². The fraction of sp³-hybridized carbons (Fsp3) is 0.529. The van der Waals surface area contributed by atoms with Gasteiger partial charge in [0.2, 0.25) is 0 Å². The van der Waals surface area contributed by atoms with Gasteiger partial charge in [-0.3, -0.25) is 19.8 Å². The number of carbonyl (C=O) groups is 1. The molecule has 1 amide bonds. The van der Waals surface area contributed by atoms with Crippen molar-refractivity contribution in [3.05, 3.63) is 34.1 Å². The van der Waals surface area contributed by atoms with Gasteiger partial charge < -0.3 is 9.64 Å². The Morgan fingerprint density at radius 2 is 2.00 bits per heavy atom. The maximum Gasteiger partial charge on any atom is 0.271 e. The fourth-order valence-corrected chi connectivity index (χ4v) is 3.86. The molecule has 1 aliphatic carbocycles. The Morgan fingerprint density at radius 1 is 1.17 bits per heavy atom. The molecule has 23 heavy (non-hydrogen) atoms. The summed E-state index contributed by atoms with van der Waals surface area (Å²) in [6.07, 6.45) is 5.67. The predicted octanol–water partition coefficient (Wildman–Crippen LogP) is 2.03. The van der Waals surface area contributed by atoms with E-state index in [2.05, 4.69) is 10.2 Å². The Balaban J connectivity index is 1.59. The van der Waals surface area contributed by atoms with Crippen LogP contribution in [0, 0.1) is 0 Å². The molecule has 1 saturated carbocycles. The first-order valence-corrected chi connectivity index (χ1v) is 8.31. The number of nitrogens with one attached hydrogen (secondary N) is 2. The van der Waals surface area contributed by atoms with Crippen LogP contribution in [-0.2, 0) is 4.74 Å². The first-order chi connectivity index (χ1) is 11.2. The zero-order chi connectivity index (χ0) is 15.9. The molecule has 6 heteroatoms. The van der Waals surface area contributed by atoms with Gasteiger partial charge in [-0.05, 0) is 31.0 Å². The highest BCUT2D eigenvalue weighted by molar-refractivity contribution is 5.97. The van der Waals surface area contributed by atoms with Gasteiger partial charge in [0.1, 0.15) is 0 Å². The van der Waals surface area contributed by atoms with Gasteiger partial charge in [0.15, 0.2) is 0 Å². The molecule has 2 N–H and O–H groups in total. The summed E-state index contributed by atoms with van der Waals surface area (Å²) in [4.78, 5) is 26.5. The van der Waals surface area contributed by atoms with Crippen molar-refractivity contribution in [2.45, 2.75) is 37.7 Å². The van der Waals surface area contributed by atoms with Gasteiger partial charge in [-0.15, -0.1) is 0 Å². The number of amides is 1. The van der Waals surface area contributed by atoms with Crippen LogP contribution < -0.4 is 5.56 Å². The smallest absolute Gasteiger partial charge is 0.271 e. The zero-order valence-electron chi connectivity index (χ0n) is 13.1. The van der Waals surface area contributed by atoms with Crippen molar-refractivity contribution < 1.29 is 9.53 Å². The van der Waals surface area contributed by atoms with E-state index in [4.69, 9.17) is 4.74 Å². The van der Waals surface area contributed by atoms with Crippen molar-refractivity contribution in [2.75, 3.05) is 19.7 Å². The summed E-state index contributed by atoms with van der Waals surface area (Å²) in [5, 5.41) is 5.87. The van der Waals surface area contributed by atoms with Crippen molar-refractivity contribution in [3.8, 4) is 0 Å². The molecule has 4 rings (SSSR count). The number of hydrogen-bond acceptors (Lipinski definition) is 3. The number of hydrogen-bond donors (Lipinski definition) is 2. The minimum absolute atomic E-state index is 0.0132. The van der Waals surface area contributed by atoms with Crippen LogP contribution in [0.4, 0.5) is 0 Å². The van der Waals surface area contributed by atoms with E-state index in [1.807, 2.05) is 4.90 Å². The number of H-pyrrole nitrogens is 2. The maximum absolute atomic E-state index is 12.9. The second-order valence-electron chi connectivity index (χ2n) is 6.66. The minimum Gasteiger partial charge on any atom is -0.371 e. The average Bonchev–Trinajstić information content (AvgIpc) is 2.96. The molecular formula is C17H21N3O3. The van der Waals surface area contributed by atoms with Crippen molar-refractivity contribution in [2.24, 2.45) is 0 Å². The molecule has 2 fully saturated rings. The molecule has 0 unspecified atom stereocenters. The van der Waals surface area contributed by atoms with Crippen LogP contribution in [0.3, 0.4) is 0 Å². The van der Waals surface area contributed by atoms with E-state index in [0.29, 0.717) is 30.6 Å². The van der Waals surface area contributed by atoms with Gasteiger partial charge in [-0.1, -0.05) is 19.3 Å². The molecule has 1 aromatic heterocycles. The summed E-state index contributed by atoms with van der Waals surface area (Å²) in [6, 6.07) is 5.23. The van der Waals surface area contributed by atoms with Crippen LogP contribution in [0.1, 0.15) is 42.5 Å². The summed E-state index contributed by atoms with van der Waals surface area (Å²) in [5.74, 6) is -0.0132. The summed E-state index contributed by atoms with van der Waals surface area (Å²) in [6.45, 7) is 1.87. The molecule has 2 aromatic rings. The third kappa shape index (κ3) is 2.57. The highest BCUT2D eigenvalue weighted by Crippen LogP contribution is 2.34. The van der Waals surface area contributed by atoms with Gasteiger partial charge in [-0.2, -0.15) is 0 Å². The van der Waals surface area contributed by atoms with Gasteiger partial charge in [0.25, 0.3) is 11.5 Å². The first kappa shape index (κ1) is 14.5. The molecule has 0 atom stereocenters. The lowest BCUT2D eigenvalue weighted by atomic mass is 9.83. The summed E-state index contributed by atoms with van der Waals surface area (Å²) < 4.78 is 6.05. The summed E-state index contributed by atoms with van der Waals surface area (Å²) >= 11 is 0. The van der Waals surface area contributed by atoms with E-state index in [-0.39, 0.29) is 17.1 Å². The van der Waals surface area contributed by atoms with Gasteiger partial charge in [-0.25, -0.2) is 0 Å². The number of ether oxygens (including phenoxy) is 1. The number of benzene rings is 1. The van der Waals surface area contributed by atoms with Crippen LogP contribution in [0.15, 0.2) is 23.0 Å². The highest BCUT2D eigenvalue weighted by atomic mass is 16.5. The number of rotatable bonds is 1. The minimum atomic E-state index is -0.194. The van der Waals surface area contributed by atoms with E-state index >= 15 is 0 Å². The topological polar surface area (TPSA) is 78.2 Å². The van der Waals surface area contributed by atoms with Crippen LogP contribution in [0.25, 0.3) is 10.9 Å². The SMILES string of the molecule is O=C(c1ccc2[nH][nH]c(=O)c2c1)N1CCOC2(CCCCC2)C1. The maximum atomic E-state index is 12.9. The molecule has 1 aliphatic heterocycles. The highest BCUT2D eigenvalue weighted by Gasteiger charge is 2.39. The van der Waals surface area contributed by atoms with Gasteiger partial charge >= 0.3 is 0 Å². The fourth-order valence-electron chi connectivity index (χ4n) is 3.86. The van der Waals surface area contributed by atoms with E-state index in [1.165, 1.54) is 19.3 Å². The van der Waals surface area contributed by atoms with E-state index < -0.39 is 0 Å². The Kier molecular flexibility index (Phi) is 3.49. The number of morpholine rings is 1. The number of nitrogens with zero attached hydrogens (tertiary/aromatic N) is 1. The molecule has 1 spiro atoms. The van der Waals surface area contributed by atoms with Gasteiger partial charge in [0, 0.05) is 12.1 Å². The molecule has 122 valence electrons. The number of aromatic amines is 2. The third-order valence-corrected chi connectivity index (χ3v) is 5.12. The van der Waals surface area contributed by atoms with E-state index in [0.717, 1.165) is 18.4 Å². The monoisotopic (exact) mass is 315 g/mol. The molecule has 0 radical (unpaired) electrons. The summed E-state index contributed by atoms with van der Waals surface area (Å²) in [5.41, 5.74) is 0.940. The molecule has 0 bridgehead atoms. The second kappa shape index (κ2) is 5.53. The quantitative estimate of drug-likeness (QED) is 0.845. The van der Waals surface area contributed by atoms with Crippen LogP contribution in [0.5, 0.6) is 0 Å². The molecule has 2 heterocycles. The van der Waals surface area contributed by atoms with Crippen LogP contribution >= 0.6 is 0 Å². The van der Waals surface area contributed by atoms with Gasteiger partial charge in [0.05, 0.1) is 29.7 Å². The number of aromatic nitrogens is 2. The van der Waals surface area contributed by atoms with Crippen LogP contribution in [0.2, 0.25) is 0 Å². The Labute approximate surface area is 133 Å². The van der Waals surface area contributed by atoms with E-state index in [1.54, 1.807) is 18.2 Å². The average molecular weight is 315 g/mol. The molecule has 1 saturated heterocycles. The largest absolute Gasteiger partial charge is 0.371 e. The van der Waals surface area contributed by atoms with Crippen molar-refractivity contribution >= 4 is 16.8 Å². The Bertz CT molecular complexity index is 780. The lowest BCUT2D eigenvalue weighted by molar-refractivity contribution is -0.117. The standard InChI is InChI=1S/C17H21N3O3/c21-15-13-10-12(4-5-14(13)18-19-15)16(22)20-8-9-23-17(11-20)6-2-1-3-7-17/h4-5,10H,1-3,6-9,11H2,(H2,18,19,21). The third-order valence-electron chi connectivity index (χ3n) is 5.12. The molecule has 2 aliphatic rings. The molecule has 1 aromatic carbocycles. The predicted molar refractivity (Wildman–Crippen MR) is 86.6 cm³/mol. The lowest BCUT2D eigenvalue weighted by Crippen LogP contribution is -2.54. The lowest BCUT2D eigenvalue weighted by Gasteiger charge is -2.45. The van der Waals surface area contributed by atoms with E-state index in [9.17, 15) is 9.59 Å². The normalized spacial score (nSPS) is 21.0. The molecular weight excluding hydrogens is 294 g/mol. The Hall–Kier alpha value is -2.08. The number of carbonyl (C=O) groups excluding carboxylic acids is 1. The zero-order valence-corrected chi connectivity index (χ0v) is 13.1. The molecule has 6 nitrogen and oxygen atoms in total. The van der Waals surface area contributed by atoms with Crippen molar-refractivity contribution in [1.82, 2.24) is 15.1 Å². The summed E-state index contributed by atoms with van der Waals surface area (Å²) in [7, 11) is 0. The first-order valence-electron chi connectivity index (χ1n) is 8.31. The van der Waals surface area contributed by atoms with Crippen molar-refractivity contribution in [3.63, 3.8) is 0 Å².